The molecule has 1 N–H and O–H groups in total. The molecule has 0 aliphatic carbocycles. The minimum absolute atomic E-state index is 0. The van der Waals surface area contributed by atoms with Crippen molar-refractivity contribution in [3.63, 3.8) is 0 Å². The van der Waals surface area contributed by atoms with Crippen molar-refractivity contribution in [1.29, 1.82) is 0 Å². The molecular formula is C12H11LiNOP. The third-order valence-electron chi connectivity index (χ3n) is 2.24. The molecule has 0 aliphatic heterocycles. The second kappa shape index (κ2) is 5.52. The molecule has 0 heterocycles. The van der Waals surface area contributed by atoms with Gasteiger partial charge < -0.3 is 10.1 Å². The summed E-state index contributed by atoms with van der Waals surface area (Å²) in [5.41, 5.74) is 7.96. The molecule has 0 spiro atoms. The minimum Gasteiger partial charge on any atom is -0.611 e. The van der Waals surface area contributed by atoms with E-state index in [9.17, 15) is 4.57 Å². The maximum Gasteiger partial charge on any atom is 1.00 e. The first-order chi connectivity index (χ1) is 7.21. The van der Waals surface area contributed by atoms with Gasteiger partial charge >= 0.3 is 18.9 Å². The molecule has 0 aliphatic rings. The Morgan fingerprint density at radius 3 is 1.38 bits per heavy atom. The molecule has 0 saturated heterocycles. The predicted molar refractivity (Wildman–Crippen MR) is 64.1 cm³/mol. The second-order valence-electron chi connectivity index (χ2n) is 3.28. The maximum atomic E-state index is 12.3. The number of benzene rings is 2. The van der Waals surface area contributed by atoms with Gasteiger partial charge in [0.15, 0.2) is 0 Å². The molecule has 0 fully saturated rings. The van der Waals surface area contributed by atoms with Crippen LogP contribution in [0.1, 0.15) is 0 Å². The normalized spacial score (nSPS) is 10.6. The van der Waals surface area contributed by atoms with Gasteiger partial charge in [0, 0.05) is 0 Å². The Hall–Kier alpha value is -0.773. The third-order valence-corrected chi connectivity index (χ3v) is 4.29. The summed E-state index contributed by atoms with van der Waals surface area (Å²) in [6.45, 7) is 0. The summed E-state index contributed by atoms with van der Waals surface area (Å²) in [6, 6.07) is 17.9. The number of nitrogens with one attached hydrogen (secondary N) is 1. The van der Waals surface area contributed by atoms with Crippen LogP contribution in [0, 0.1) is 0 Å². The fourth-order valence-electron chi connectivity index (χ4n) is 1.42. The smallest absolute Gasteiger partial charge is 0.611 e. The molecule has 0 saturated carbocycles. The summed E-state index contributed by atoms with van der Waals surface area (Å²) in [5.74, 6) is 0. The Morgan fingerprint density at radius 2 is 1.06 bits per heavy atom. The van der Waals surface area contributed by atoms with E-state index in [1.165, 1.54) is 0 Å². The van der Waals surface area contributed by atoms with Gasteiger partial charge in [0.05, 0.1) is 7.29 Å². The molecule has 0 bridgehead atoms. The Morgan fingerprint density at radius 1 is 0.750 bits per heavy atom. The van der Waals surface area contributed by atoms with Crippen molar-refractivity contribution in [2.75, 3.05) is 0 Å². The topological polar surface area (TPSA) is 40.9 Å². The molecule has 2 rings (SSSR count). The van der Waals surface area contributed by atoms with Crippen LogP contribution in [0.3, 0.4) is 0 Å². The van der Waals surface area contributed by atoms with E-state index in [4.69, 9.17) is 5.50 Å². The van der Waals surface area contributed by atoms with E-state index < -0.39 is 7.29 Å². The minimum atomic E-state index is -3.15. The van der Waals surface area contributed by atoms with E-state index >= 15 is 0 Å². The molecule has 4 heteroatoms. The zero-order valence-electron chi connectivity index (χ0n) is 9.13. The van der Waals surface area contributed by atoms with E-state index in [1.54, 1.807) is 48.5 Å². The zero-order chi connectivity index (χ0) is 10.7. The van der Waals surface area contributed by atoms with Crippen LogP contribution < -0.4 is 29.5 Å². The summed E-state index contributed by atoms with van der Waals surface area (Å²) >= 11 is 0. The van der Waals surface area contributed by atoms with Gasteiger partial charge in [-0.3, -0.25) is 0 Å². The Bertz CT molecular complexity index is 443. The van der Waals surface area contributed by atoms with Gasteiger partial charge in [-0.1, -0.05) is 60.7 Å². The van der Waals surface area contributed by atoms with Gasteiger partial charge in [0.2, 0.25) is 0 Å². The van der Waals surface area contributed by atoms with Crippen LogP contribution in [0.25, 0.3) is 5.50 Å². The van der Waals surface area contributed by atoms with Gasteiger partial charge in [-0.25, -0.2) is 0 Å². The summed E-state index contributed by atoms with van der Waals surface area (Å²) in [7, 11) is -3.15. The van der Waals surface area contributed by atoms with E-state index in [1.807, 2.05) is 12.1 Å². The molecule has 0 amide bonds. The first-order valence-electron chi connectivity index (χ1n) is 4.67. The Kier molecular flexibility index (Phi) is 4.59. The molecule has 16 heavy (non-hydrogen) atoms. The quantitative estimate of drug-likeness (QED) is 0.520. The zero-order valence-corrected chi connectivity index (χ0v) is 10.0. The van der Waals surface area contributed by atoms with Gasteiger partial charge in [0.25, 0.3) is 0 Å². The monoisotopic (exact) mass is 223 g/mol. The summed E-state index contributed by atoms with van der Waals surface area (Å²) in [4.78, 5) is 0. The van der Waals surface area contributed by atoms with Crippen LogP contribution in [-0.4, -0.2) is 0 Å². The fraction of sp³-hybridized carbons (Fsp3) is 0. The van der Waals surface area contributed by atoms with Crippen LogP contribution in [0.15, 0.2) is 60.7 Å². The molecule has 2 aromatic carbocycles. The first-order valence-corrected chi connectivity index (χ1v) is 6.38. The van der Waals surface area contributed by atoms with Crippen LogP contribution in [-0.2, 0) is 4.57 Å². The van der Waals surface area contributed by atoms with Crippen molar-refractivity contribution in [3.8, 4) is 0 Å². The molecule has 2 aromatic rings. The van der Waals surface area contributed by atoms with E-state index in [-0.39, 0.29) is 18.9 Å². The molecule has 2 nitrogen and oxygen atoms in total. The van der Waals surface area contributed by atoms with Crippen molar-refractivity contribution in [3.05, 3.63) is 66.2 Å². The standard InChI is InChI=1S/C12H11NOP.Li/c13-15(14,11-7-3-1-4-8-11)12-9-5-2-6-10-12;/h1-10H,(H-,13,14);/q-1;+1. The molecule has 0 aromatic heterocycles. The number of rotatable bonds is 2. The van der Waals surface area contributed by atoms with Crippen LogP contribution in [0.4, 0.5) is 0 Å². The van der Waals surface area contributed by atoms with Crippen molar-refractivity contribution in [1.82, 2.24) is 0 Å². The third kappa shape index (κ3) is 2.67. The second-order valence-corrected chi connectivity index (χ2v) is 5.53. The molecule has 0 radical (unpaired) electrons. The van der Waals surface area contributed by atoms with Gasteiger partial charge in [-0.2, -0.15) is 0 Å². The Balaban J connectivity index is 0.00000128. The molecular weight excluding hydrogens is 212 g/mol. The van der Waals surface area contributed by atoms with Crippen LogP contribution in [0.5, 0.6) is 0 Å². The molecule has 76 valence electrons. The van der Waals surface area contributed by atoms with E-state index in [0.29, 0.717) is 10.6 Å². The predicted octanol–water partition coefficient (Wildman–Crippen LogP) is -0.0283. The average molecular weight is 223 g/mol. The first kappa shape index (κ1) is 13.3. The fourth-order valence-corrected chi connectivity index (χ4v) is 2.91. The number of hydrogen-bond donors (Lipinski definition) is 0. The summed E-state index contributed by atoms with van der Waals surface area (Å²) in [5, 5.41) is 1.16. The molecule has 0 unspecified atom stereocenters. The maximum absolute atomic E-state index is 12.3. The summed E-state index contributed by atoms with van der Waals surface area (Å²) < 4.78 is 12.3. The SMILES string of the molecule is [Li+].[NH-]P(=O)(c1ccccc1)c1ccccc1. The van der Waals surface area contributed by atoms with Crippen LogP contribution in [0.2, 0.25) is 0 Å². The summed E-state index contributed by atoms with van der Waals surface area (Å²) in [6.07, 6.45) is 0. The van der Waals surface area contributed by atoms with Crippen LogP contribution >= 0.6 is 7.29 Å². The van der Waals surface area contributed by atoms with Crippen molar-refractivity contribution < 1.29 is 23.4 Å². The van der Waals surface area contributed by atoms with Gasteiger partial charge in [-0.05, 0) is 10.6 Å². The van der Waals surface area contributed by atoms with Gasteiger partial charge in [0.1, 0.15) is 0 Å². The molecule has 0 atom stereocenters. The number of hydrogen-bond acceptors (Lipinski definition) is 1. The average Bonchev–Trinajstić information content (AvgIpc) is 2.31. The van der Waals surface area contributed by atoms with Crippen molar-refractivity contribution in [2.45, 2.75) is 0 Å². The van der Waals surface area contributed by atoms with Crippen molar-refractivity contribution in [2.24, 2.45) is 0 Å². The van der Waals surface area contributed by atoms with E-state index in [0.717, 1.165) is 0 Å². The van der Waals surface area contributed by atoms with Gasteiger partial charge in [-0.15, -0.1) is 0 Å². The Labute approximate surface area is 107 Å². The van der Waals surface area contributed by atoms with E-state index in [2.05, 4.69) is 0 Å². The largest absolute Gasteiger partial charge is 1.00 e. The van der Waals surface area contributed by atoms with Crippen molar-refractivity contribution >= 4 is 17.9 Å².